The van der Waals surface area contributed by atoms with E-state index in [-0.39, 0.29) is 0 Å². The number of rotatable bonds is 5. The Hall–Kier alpha value is -4.37. The first-order valence-electron chi connectivity index (χ1n) is 10.6. The summed E-state index contributed by atoms with van der Waals surface area (Å²) in [5, 5.41) is 13.6. The molecule has 6 aromatic rings. The van der Waals surface area contributed by atoms with Gasteiger partial charge in [0.05, 0.1) is 31.4 Å². The van der Waals surface area contributed by atoms with Gasteiger partial charge < -0.3 is 20.5 Å². The maximum absolute atomic E-state index is 6.26. The summed E-state index contributed by atoms with van der Waals surface area (Å²) >= 11 is 1.74. The second kappa shape index (κ2) is 7.89. The van der Waals surface area contributed by atoms with Gasteiger partial charge in [-0.1, -0.05) is 18.2 Å². The number of thiophene rings is 1. The lowest BCUT2D eigenvalue weighted by atomic mass is 10.1. The molecule has 0 amide bonds. The van der Waals surface area contributed by atoms with Crippen molar-refractivity contribution in [3.63, 3.8) is 0 Å². The largest absolute Gasteiger partial charge is 0.493 e. The van der Waals surface area contributed by atoms with Crippen LogP contribution in [0.3, 0.4) is 0 Å². The topological polar surface area (TPSA) is 111 Å². The number of hydrogen-bond acceptors (Lipinski definition) is 8. The molecule has 0 aliphatic carbocycles. The van der Waals surface area contributed by atoms with E-state index < -0.39 is 0 Å². The van der Waals surface area contributed by atoms with Gasteiger partial charge in [-0.25, -0.2) is 4.98 Å². The van der Waals surface area contributed by atoms with E-state index >= 15 is 0 Å². The summed E-state index contributed by atoms with van der Waals surface area (Å²) in [6.07, 6.45) is 1.81. The van der Waals surface area contributed by atoms with E-state index in [1.54, 1.807) is 37.7 Å². The minimum Gasteiger partial charge on any atom is -0.493 e. The Balaban J connectivity index is 1.45. The molecule has 3 aromatic carbocycles. The number of nitrogens with two attached hydrogens (primary N) is 1. The lowest BCUT2D eigenvalue weighted by Gasteiger charge is -2.12. The summed E-state index contributed by atoms with van der Waals surface area (Å²) < 4.78 is 12.0. The number of ether oxygens (including phenoxy) is 2. The van der Waals surface area contributed by atoms with Crippen LogP contribution in [-0.4, -0.2) is 34.4 Å². The van der Waals surface area contributed by atoms with E-state index in [9.17, 15) is 0 Å². The number of benzene rings is 3. The van der Waals surface area contributed by atoms with Crippen molar-refractivity contribution in [1.82, 2.24) is 20.2 Å². The first kappa shape index (κ1) is 20.3. The number of nitrogens with zero attached hydrogens (tertiary/aromatic N) is 3. The second-order valence-electron chi connectivity index (χ2n) is 7.79. The lowest BCUT2D eigenvalue weighted by molar-refractivity contribution is 0.356. The molecule has 0 aliphatic heterocycles. The molecule has 0 saturated carbocycles. The summed E-state index contributed by atoms with van der Waals surface area (Å²) in [6.45, 7) is 0. The first-order valence-corrected chi connectivity index (χ1v) is 11.4. The maximum atomic E-state index is 6.26. The molecule has 0 radical (unpaired) electrons. The highest BCUT2D eigenvalue weighted by molar-refractivity contribution is 7.22. The van der Waals surface area contributed by atoms with Gasteiger partial charge in [-0.3, -0.25) is 5.10 Å². The summed E-state index contributed by atoms with van der Waals surface area (Å²) in [4.78, 5) is 10.3. The zero-order chi connectivity index (χ0) is 23.2. The third-order valence-electron chi connectivity index (χ3n) is 5.73. The molecule has 8 nitrogen and oxygen atoms in total. The third-order valence-corrected chi connectivity index (χ3v) is 6.88. The van der Waals surface area contributed by atoms with Crippen molar-refractivity contribution in [3.05, 3.63) is 60.8 Å². The summed E-state index contributed by atoms with van der Waals surface area (Å²) in [6, 6.07) is 18.2. The Bertz CT molecular complexity index is 1660. The number of aromatic amines is 1. The van der Waals surface area contributed by atoms with E-state index in [0.29, 0.717) is 34.2 Å². The van der Waals surface area contributed by atoms with Crippen LogP contribution in [0.5, 0.6) is 11.5 Å². The Morgan fingerprint density at radius 3 is 2.59 bits per heavy atom. The molecule has 6 rings (SSSR count). The normalized spacial score (nSPS) is 11.4. The highest BCUT2D eigenvalue weighted by atomic mass is 32.1. The number of H-pyrrole nitrogens is 1. The van der Waals surface area contributed by atoms with Crippen LogP contribution in [0.2, 0.25) is 0 Å². The van der Waals surface area contributed by atoms with Gasteiger partial charge >= 0.3 is 0 Å². The molecule has 0 unspecified atom stereocenters. The average Bonchev–Trinajstić information content (AvgIpc) is 3.49. The molecule has 4 N–H and O–H groups in total. The Kier molecular flexibility index (Phi) is 4.70. The van der Waals surface area contributed by atoms with Gasteiger partial charge in [-0.05, 0) is 35.7 Å². The van der Waals surface area contributed by atoms with Crippen molar-refractivity contribution in [2.75, 3.05) is 25.3 Å². The fourth-order valence-electron chi connectivity index (χ4n) is 4.10. The number of nitrogens with one attached hydrogen (secondary N) is 2. The molecule has 0 bridgehead atoms. The number of fused-ring (bicyclic) bond motifs is 3. The van der Waals surface area contributed by atoms with Crippen LogP contribution in [0.1, 0.15) is 0 Å². The number of hydrogen-bond donors (Lipinski definition) is 3. The number of nitrogen functional groups attached to an aromatic ring is 1. The molecule has 0 fully saturated rings. The van der Waals surface area contributed by atoms with Gasteiger partial charge in [0.25, 0.3) is 0 Å². The third kappa shape index (κ3) is 3.34. The lowest BCUT2D eigenvalue weighted by Crippen LogP contribution is -2.02. The molecule has 9 heteroatoms. The van der Waals surface area contributed by atoms with Crippen molar-refractivity contribution in [2.24, 2.45) is 0 Å². The van der Waals surface area contributed by atoms with Gasteiger partial charge in [0.2, 0.25) is 5.95 Å². The van der Waals surface area contributed by atoms with Crippen LogP contribution >= 0.6 is 11.3 Å². The molecule has 3 heterocycles. The second-order valence-corrected chi connectivity index (χ2v) is 8.87. The van der Waals surface area contributed by atoms with Crippen molar-refractivity contribution in [1.29, 1.82) is 0 Å². The van der Waals surface area contributed by atoms with Crippen molar-refractivity contribution >= 4 is 60.7 Å². The number of methoxy groups -OCH3 is 2. The van der Waals surface area contributed by atoms with Gasteiger partial charge in [0.15, 0.2) is 11.5 Å². The van der Waals surface area contributed by atoms with Crippen LogP contribution in [-0.2, 0) is 0 Å². The standard InChI is InChI=1S/C25H20N6O2S/c1-32-19-10-16-18(11-20(19)33-2)29-25(30-24(16)26)28-15-7-14-12-27-31-23(14)17(9-15)22-8-13-5-3-4-6-21(13)34-22/h3-12H,1-2H3,(H,27,31)(H3,26,28,29,30). The molecule has 3 aromatic heterocycles. The molecule has 0 spiro atoms. The SMILES string of the molecule is COc1cc2nc(Nc3cc(-c4cc5ccccc5s4)c4[nH]ncc4c3)nc(N)c2cc1OC. The van der Waals surface area contributed by atoms with Crippen molar-refractivity contribution in [3.8, 4) is 21.9 Å². The predicted octanol–water partition coefficient (Wildman–Crippen LogP) is 5.73. The molecule has 0 saturated heterocycles. The molecule has 0 atom stereocenters. The smallest absolute Gasteiger partial charge is 0.229 e. The quantitative estimate of drug-likeness (QED) is 0.296. The first-order chi connectivity index (χ1) is 16.6. The van der Waals surface area contributed by atoms with E-state index in [0.717, 1.165) is 27.0 Å². The zero-order valence-electron chi connectivity index (χ0n) is 18.4. The van der Waals surface area contributed by atoms with Crippen LogP contribution in [0.4, 0.5) is 17.5 Å². The van der Waals surface area contributed by atoms with Crippen molar-refractivity contribution < 1.29 is 9.47 Å². The van der Waals surface area contributed by atoms with E-state index in [1.807, 2.05) is 12.3 Å². The molecular weight excluding hydrogens is 448 g/mol. The van der Waals surface area contributed by atoms with E-state index in [4.69, 9.17) is 15.2 Å². The molecular formula is C25H20N6O2S. The molecule has 34 heavy (non-hydrogen) atoms. The minimum absolute atomic E-state index is 0.350. The predicted molar refractivity (Wildman–Crippen MR) is 137 cm³/mol. The van der Waals surface area contributed by atoms with E-state index in [1.165, 1.54) is 10.1 Å². The van der Waals surface area contributed by atoms with Crippen LogP contribution in [0, 0.1) is 0 Å². The van der Waals surface area contributed by atoms with Crippen LogP contribution in [0.25, 0.3) is 42.3 Å². The monoisotopic (exact) mass is 468 g/mol. The zero-order valence-corrected chi connectivity index (χ0v) is 19.2. The van der Waals surface area contributed by atoms with Crippen molar-refractivity contribution in [2.45, 2.75) is 0 Å². The van der Waals surface area contributed by atoms with Gasteiger partial charge in [0, 0.05) is 37.7 Å². The highest BCUT2D eigenvalue weighted by Gasteiger charge is 2.14. The van der Waals surface area contributed by atoms with E-state index in [2.05, 4.69) is 61.9 Å². The summed E-state index contributed by atoms with van der Waals surface area (Å²) in [5.41, 5.74) is 9.79. The fourth-order valence-corrected chi connectivity index (χ4v) is 5.19. The maximum Gasteiger partial charge on any atom is 0.229 e. The van der Waals surface area contributed by atoms with Crippen LogP contribution < -0.4 is 20.5 Å². The minimum atomic E-state index is 0.350. The number of aromatic nitrogens is 4. The Labute approximate surface area is 198 Å². The van der Waals surface area contributed by atoms with Gasteiger partial charge in [-0.2, -0.15) is 10.1 Å². The Morgan fingerprint density at radius 1 is 0.941 bits per heavy atom. The average molecular weight is 469 g/mol. The van der Waals surface area contributed by atoms with Crippen LogP contribution in [0.15, 0.2) is 60.8 Å². The molecule has 168 valence electrons. The summed E-state index contributed by atoms with van der Waals surface area (Å²) in [7, 11) is 3.17. The fraction of sp³-hybridized carbons (Fsp3) is 0.0800. The van der Waals surface area contributed by atoms with Gasteiger partial charge in [0.1, 0.15) is 5.82 Å². The summed E-state index contributed by atoms with van der Waals surface area (Å²) in [5.74, 6) is 1.89. The van der Waals surface area contributed by atoms with Gasteiger partial charge in [-0.15, -0.1) is 11.3 Å². The highest BCUT2D eigenvalue weighted by Crippen LogP contribution is 2.39. The number of anilines is 3. The molecule has 0 aliphatic rings. The Morgan fingerprint density at radius 2 is 1.76 bits per heavy atom.